The normalized spacial score (nSPS) is 19.9. The Morgan fingerprint density at radius 3 is 2.25 bits per heavy atom. The van der Waals surface area contributed by atoms with E-state index in [0.717, 1.165) is 32.7 Å². The van der Waals surface area contributed by atoms with Gasteiger partial charge in [0, 0.05) is 19.1 Å². The predicted octanol–water partition coefficient (Wildman–Crippen LogP) is 3.13. The molecular weight excluding hydrogens is 246 g/mol. The number of hydrogen-bond donors (Lipinski definition) is 0. The summed E-state index contributed by atoms with van der Waals surface area (Å²) in [6, 6.07) is 21.9. The van der Waals surface area contributed by atoms with Crippen molar-refractivity contribution in [2.45, 2.75) is 19.0 Å². The van der Waals surface area contributed by atoms with Crippen LogP contribution < -0.4 is 0 Å². The van der Waals surface area contributed by atoms with Crippen molar-refractivity contribution in [3.63, 3.8) is 0 Å². The van der Waals surface area contributed by atoms with Gasteiger partial charge in [0.05, 0.1) is 13.2 Å². The third-order valence-corrected chi connectivity index (χ3v) is 3.89. The number of ether oxygens (including phenoxy) is 1. The van der Waals surface area contributed by atoms with Gasteiger partial charge in [-0.25, -0.2) is 0 Å². The molecule has 20 heavy (non-hydrogen) atoms. The molecule has 0 saturated carbocycles. The first-order valence-corrected chi connectivity index (χ1v) is 7.31. The molecule has 2 aromatic carbocycles. The van der Waals surface area contributed by atoms with E-state index in [1.807, 2.05) is 0 Å². The van der Waals surface area contributed by atoms with Gasteiger partial charge < -0.3 is 4.74 Å². The third-order valence-electron chi connectivity index (χ3n) is 3.89. The van der Waals surface area contributed by atoms with Gasteiger partial charge in [0.1, 0.15) is 0 Å². The van der Waals surface area contributed by atoms with Gasteiger partial charge in [-0.3, -0.25) is 4.90 Å². The molecule has 3 rings (SSSR count). The van der Waals surface area contributed by atoms with Crippen molar-refractivity contribution in [2.75, 3.05) is 19.8 Å². The fourth-order valence-electron chi connectivity index (χ4n) is 2.79. The average Bonchev–Trinajstić information content (AvgIpc) is 2.51. The highest BCUT2D eigenvalue weighted by atomic mass is 16.5. The van der Waals surface area contributed by atoms with Crippen LogP contribution in [0.3, 0.4) is 0 Å². The molecule has 1 fully saturated rings. The topological polar surface area (TPSA) is 12.5 Å². The molecular formula is C18H21NO. The van der Waals surface area contributed by atoms with Crippen LogP contribution in [0.15, 0.2) is 60.7 Å². The van der Waals surface area contributed by atoms with Crippen molar-refractivity contribution in [3.05, 3.63) is 71.8 Å². The number of rotatable bonds is 4. The molecule has 2 aromatic rings. The van der Waals surface area contributed by atoms with E-state index in [-0.39, 0.29) is 0 Å². The second-order valence-corrected chi connectivity index (χ2v) is 5.37. The minimum Gasteiger partial charge on any atom is -0.378 e. The maximum atomic E-state index is 5.68. The lowest BCUT2D eigenvalue weighted by Gasteiger charge is -2.35. The molecule has 0 aliphatic carbocycles. The van der Waals surface area contributed by atoms with E-state index in [9.17, 15) is 0 Å². The zero-order chi connectivity index (χ0) is 13.6. The second-order valence-electron chi connectivity index (χ2n) is 5.37. The monoisotopic (exact) mass is 267 g/mol. The molecule has 0 unspecified atom stereocenters. The van der Waals surface area contributed by atoms with E-state index in [1.165, 1.54) is 11.1 Å². The molecule has 0 bridgehead atoms. The molecule has 1 atom stereocenters. The van der Waals surface area contributed by atoms with Gasteiger partial charge in [0.2, 0.25) is 0 Å². The first kappa shape index (κ1) is 13.3. The van der Waals surface area contributed by atoms with Crippen molar-refractivity contribution in [1.82, 2.24) is 4.90 Å². The zero-order valence-corrected chi connectivity index (χ0v) is 11.7. The summed E-state index contributed by atoms with van der Waals surface area (Å²) >= 11 is 0. The van der Waals surface area contributed by atoms with E-state index >= 15 is 0 Å². The standard InChI is InChI=1S/C18H21NO/c1-3-7-16(8-4-1)13-18-15-20-12-11-19(18)14-17-9-5-2-6-10-17/h1-10,18H,11-15H2/t18-/m1/s1. The van der Waals surface area contributed by atoms with Crippen LogP contribution in [0.4, 0.5) is 0 Å². The highest BCUT2D eigenvalue weighted by Crippen LogP contribution is 2.16. The summed E-state index contributed by atoms with van der Waals surface area (Å²) in [4.78, 5) is 2.55. The lowest BCUT2D eigenvalue weighted by atomic mass is 10.0. The Labute approximate surface area is 121 Å². The van der Waals surface area contributed by atoms with Crippen LogP contribution in [0.2, 0.25) is 0 Å². The molecule has 104 valence electrons. The van der Waals surface area contributed by atoms with E-state index in [0.29, 0.717) is 6.04 Å². The van der Waals surface area contributed by atoms with Crippen LogP contribution >= 0.6 is 0 Å². The maximum Gasteiger partial charge on any atom is 0.0625 e. The van der Waals surface area contributed by atoms with Crippen LogP contribution in [-0.4, -0.2) is 30.7 Å². The highest BCUT2D eigenvalue weighted by Gasteiger charge is 2.23. The number of hydrogen-bond acceptors (Lipinski definition) is 2. The first-order valence-electron chi connectivity index (χ1n) is 7.31. The summed E-state index contributed by atoms with van der Waals surface area (Å²) in [6.07, 6.45) is 1.06. The Balaban J connectivity index is 1.68. The molecule has 0 radical (unpaired) electrons. The molecule has 0 aromatic heterocycles. The van der Waals surface area contributed by atoms with Crippen molar-refractivity contribution < 1.29 is 4.74 Å². The summed E-state index contributed by atoms with van der Waals surface area (Å²) < 4.78 is 5.68. The van der Waals surface area contributed by atoms with Gasteiger partial charge >= 0.3 is 0 Å². The molecule has 1 aliphatic heterocycles. The van der Waals surface area contributed by atoms with Crippen LogP contribution in [0.1, 0.15) is 11.1 Å². The van der Waals surface area contributed by atoms with E-state index in [1.54, 1.807) is 0 Å². The smallest absolute Gasteiger partial charge is 0.0625 e. The predicted molar refractivity (Wildman–Crippen MR) is 81.6 cm³/mol. The lowest BCUT2D eigenvalue weighted by Crippen LogP contribution is -2.46. The van der Waals surface area contributed by atoms with Gasteiger partial charge in [-0.15, -0.1) is 0 Å². The molecule has 0 N–H and O–H groups in total. The fraction of sp³-hybridized carbons (Fsp3) is 0.333. The van der Waals surface area contributed by atoms with Gasteiger partial charge in [-0.05, 0) is 17.5 Å². The molecule has 1 aliphatic rings. The quantitative estimate of drug-likeness (QED) is 0.844. The Bertz CT molecular complexity index is 462. The summed E-state index contributed by atoms with van der Waals surface area (Å²) in [5, 5.41) is 0. The summed E-state index contributed by atoms with van der Waals surface area (Å²) in [6.45, 7) is 3.72. The van der Waals surface area contributed by atoms with Crippen molar-refractivity contribution in [2.24, 2.45) is 0 Å². The van der Waals surface area contributed by atoms with E-state index in [4.69, 9.17) is 4.74 Å². The Morgan fingerprint density at radius 2 is 1.55 bits per heavy atom. The van der Waals surface area contributed by atoms with Crippen molar-refractivity contribution >= 4 is 0 Å². The second kappa shape index (κ2) is 6.69. The first-order chi connectivity index (χ1) is 9.92. The summed E-state index contributed by atoms with van der Waals surface area (Å²) in [7, 11) is 0. The maximum absolute atomic E-state index is 5.68. The van der Waals surface area contributed by atoms with Gasteiger partial charge in [-0.2, -0.15) is 0 Å². The van der Waals surface area contributed by atoms with Crippen molar-refractivity contribution in [1.29, 1.82) is 0 Å². The molecule has 2 nitrogen and oxygen atoms in total. The summed E-state index contributed by atoms with van der Waals surface area (Å²) in [5.41, 5.74) is 2.77. The number of nitrogens with zero attached hydrogens (tertiary/aromatic N) is 1. The van der Waals surface area contributed by atoms with Crippen LogP contribution in [-0.2, 0) is 17.7 Å². The van der Waals surface area contributed by atoms with Gasteiger partial charge in [0.25, 0.3) is 0 Å². The average molecular weight is 267 g/mol. The fourth-order valence-corrected chi connectivity index (χ4v) is 2.79. The minimum absolute atomic E-state index is 0.478. The number of benzene rings is 2. The van der Waals surface area contributed by atoms with Crippen molar-refractivity contribution in [3.8, 4) is 0 Å². The number of morpholine rings is 1. The largest absolute Gasteiger partial charge is 0.378 e. The third kappa shape index (κ3) is 3.47. The lowest BCUT2D eigenvalue weighted by molar-refractivity contribution is -0.0112. The Kier molecular flexibility index (Phi) is 4.46. The minimum atomic E-state index is 0.478. The SMILES string of the molecule is c1ccc(C[C@@H]2COCCN2Cc2ccccc2)cc1. The molecule has 1 heterocycles. The zero-order valence-electron chi connectivity index (χ0n) is 11.7. The Morgan fingerprint density at radius 1 is 0.900 bits per heavy atom. The van der Waals surface area contributed by atoms with Crippen LogP contribution in [0.5, 0.6) is 0 Å². The van der Waals surface area contributed by atoms with E-state index in [2.05, 4.69) is 65.6 Å². The van der Waals surface area contributed by atoms with Gasteiger partial charge in [0.15, 0.2) is 0 Å². The molecule has 0 spiro atoms. The molecule has 1 saturated heterocycles. The van der Waals surface area contributed by atoms with Crippen LogP contribution in [0.25, 0.3) is 0 Å². The molecule has 0 amide bonds. The highest BCUT2D eigenvalue weighted by molar-refractivity contribution is 5.17. The van der Waals surface area contributed by atoms with Crippen LogP contribution in [0, 0.1) is 0 Å². The van der Waals surface area contributed by atoms with Gasteiger partial charge in [-0.1, -0.05) is 60.7 Å². The Hall–Kier alpha value is -1.64. The molecule has 2 heteroatoms. The van der Waals surface area contributed by atoms with E-state index < -0.39 is 0 Å². The summed E-state index contributed by atoms with van der Waals surface area (Å²) in [5.74, 6) is 0.